The van der Waals surface area contributed by atoms with Gasteiger partial charge in [-0.05, 0) is 40.4 Å². The van der Waals surface area contributed by atoms with Crippen LogP contribution in [0.4, 0.5) is 5.82 Å². The van der Waals surface area contributed by atoms with E-state index in [1.54, 1.807) is 6.20 Å². The number of nitrogens with zero attached hydrogens (tertiary/aromatic N) is 1. The summed E-state index contributed by atoms with van der Waals surface area (Å²) in [6.45, 7) is 4.38. The highest BCUT2D eigenvalue weighted by Gasteiger charge is 2.09. The lowest BCUT2D eigenvalue weighted by atomic mass is 10.1. The summed E-state index contributed by atoms with van der Waals surface area (Å²) in [4.78, 5) is 4.26. The van der Waals surface area contributed by atoms with Crippen LogP contribution in [0, 0.1) is 5.92 Å². The van der Waals surface area contributed by atoms with E-state index in [0.29, 0.717) is 17.8 Å². The maximum absolute atomic E-state index is 5.89. The summed E-state index contributed by atoms with van der Waals surface area (Å²) in [5.74, 6) is 2.12. The SMILES string of the molecule is CC(C)CC(CCl)Nc1ccc(Br)cn1. The third kappa shape index (κ3) is 4.85. The lowest BCUT2D eigenvalue weighted by molar-refractivity contribution is 0.541. The van der Waals surface area contributed by atoms with Gasteiger partial charge in [-0.1, -0.05) is 13.8 Å². The molecule has 15 heavy (non-hydrogen) atoms. The van der Waals surface area contributed by atoms with Crippen LogP contribution in [-0.2, 0) is 0 Å². The molecule has 84 valence electrons. The molecule has 1 unspecified atom stereocenters. The fraction of sp³-hybridized carbons (Fsp3) is 0.545. The summed E-state index contributed by atoms with van der Waals surface area (Å²) in [6, 6.07) is 4.21. The summed E-state index contributed by atoms with van der Waals surface area (Å²) in [5.41, 5.74) is 0. The molecule has 0 saturated heterocycles. The summed E-state index contributed by atoms with van der Waals surface area (Å²) < 4.78 is 0.985. The Morgan fingerprint density at radius 1 is 1.47 bits per heavy atom. The molecule has 0 aliphatic carbocycles. The van der Waals surface area contributed by atoms with E-state index in [1.165, 1.54) is 0 Å². The Bertz CT molecular complexity index is 287. The molecule has 0 amide bonds. The van der Waals surface area contributed by atoms with E-state index in [4.69, 9.17) is 11.6 Å². The van der Waals surface area contributed by atoms with Crippen molar-refractivity contribution < 1.29 is 0 Å². The number of alkyl halides is 1. The van der Waals surface area contributed by atoms with Gasteiger partial charge >= 0.3 is 0 Å². The smallest absolute Gasteiger partial charge is 0.126 e. The molecular weight excluding hydrogens is 275 g/mol. The van der Waals surface area contributed by atoms with E-state index in [0.717, 1.165) is 16.7 Å². The highest BCUT2D eigenvalue weighted by molar-refractivity contribution is 9.10. The van der Waals surface area contributed by atoms with Gasteiger partial charge in [-0.25, -0.2) is 4.98 Å². The molecule has 0 bridgehead atoms. The van der Waals surface area contributed by atoms with Crippen molar-refractivity contribution in [3.8, 4) is 0 Å². The van der Waals surface area contributed by atoms with Gasteiger partial charge in [-0.3, -0.25) is 0 Å². The first-order valence-corrected chi connectivity index (χ1v) is 6.38. The van der Waals surface area contributed by atoms with Gasteiger partial charge in [0.15, 0.2) is 0 Å². The molecule has 0 radical (unpaired) electrons. The fourth-order valence-electron chi connectivity index (χ4n) is 1.40. The van der Waals surface area contributed by atoms with E-state index in [-0.39, 0.29) is 0 Å². The van der Waals surface area contributed by atoms with Crippen molar-refractivity contribution in [2.75, 3.05) is 11.2 Å². The van der Waals surface area contributed by atoms with Gasteiger partial charge in [0.1, 0.15) is 5.82 Å². The molecular formula is C11H16BrClN2. The maximum Gasteiger partial charge on any atom is 0.126 e. The molecule has 1 rings (SSSR count). The number of pyridine rings is 1. The Kier molecular flexibility index (Phi) is 5.40. The molecule has 0 aromatic carbocycles. The lowest BCUT2D eigenvalue weighted by Crippen LogP contribution is -2.23. The Balaban J connectivity index is 2.54. The van der Waals surface area contributed by atoms with E-state index in [1.807, 2.05) is 12.1 Å². The number of halogens is 2. The minimum atomic E-state index is 0.292. The van der Waals surface area contributed by atoms with E-state index < -0.39 is 0 Å². The average Bonchev–Trinajstić information content (AvgIpc) is 2.19. The Morgan fingerprint density at radius 3 is 2.67 bits per heavy atom. The van der Waals surface area contributed by atoms with Gasteiger partial charge in [0.05, 0.1) is 0 Å². The van der Waals surface area contributed by atoms with Crippen molar-refractivity contribution in [2.24, 2.45) is 5.92 Å². The predicted octanol–water partition coefficient (Wildman–Crippen LogP) is 3.91. The van der Waals surface area contributed by atoms with Gasteiger partial charge in [-0.2, -0.15) is 0 Å². The summed E-state index contributed by atoms with van der Waals surface area (Å²) in [6.07, 6.45) is 2.84. The van der Waals surface area contributed by atoms with Crippen LogP contribution in [-0.4, -0.2) is 16.9 Å². The topological polar surface area (TPSA) is 24.9 Å². The minimum absolute atomic E-state index is 0.292. The van der Waals surface area contributed by atoms with Crippen LogP contribution in [0.3, 0.4) is 0 Å². The minimum Gasteiger partial charge on any atom is -0.366 e. The molecule has 1 aromatic rings. The molecule has 1 N–H and O–H groups in total. The van der Waals surface area contributed by atoms with Crippen molar-refractivity contribution in [2.45, 2.75) is 26.3 Å². The van der Waals surface area contributed by atoms with Crippen LogP contribution in [0.15, 0.2) is 22.8 Å². The first-order chi connectivity index (χ1) is 7.11. The Hall–Kier alpha value is -0.280. The molecule has 2 nitrogen and oxygen atoms in total. The second kappa shape index (κ2) is 6.33. The highest BCUT2D eigenvalue weighted by atomic mass is 79.9. The summed E-state index contributed by atoms with van der Waals surface area (Å²) in [7, 11) is 0. The van der Waals surface area contributed by atoms with Crippen LogP contribution in [0.2, 0.25) is 0 Å². The zero-order valence-electron chi connectivity index (χ0n) is 9.00. The average molecular weight is 292 g/mol. The normalized spacial score (nSPS) is 12.9. The Morgan fingerprint density at radius 2 is 2.20 bits per heavy atom. The fourth-order valence-corrected chi connectivity index (χ4v) is 1.84. The lowest BCUT2D eigenvalue weighted by Gasteiger charge is -2.18. The van der Waals surface area contributed by atoms with Crippen LogP contribution >= 0.6 is 27.5 Å². The van der Waals surface area contributed by atoms with Crippen molar-refractivity contribution in [1.82, 2.24) is 4.98 Å². The molecule has 4 heteroatoms. The van der Waals surface area contributed by atoms with Gasteiger partial charge in [-0.15, -0.1) is 11.6 Å². The van der Waals surface area contributed by atoms with Crippen molar-refractivity contribution >= 4 is 33.3 Å². The zero-order chi connectivity index (χ0) is 11.3. The van der Waals surface area contributed by atoms with Crippen LogP contribution in [0.5, 0.6) is 0 Å². The molecule has 1 heterocycles. The number of hydrogen-bond acceptors (Lipinski definition) is 2. The number of anilines is 1. The van der Waals surface area contributed by atoms with Crippen molar-refractivity contribution in [3.05, 3.63) is 22.8 Å². The van der Waals surface area contributed by atoms with Gasteiger partial charge in [0.25, 0.3) is 0 Å². The number of nitrogens with one attached hydrogen (secondary N) is 1. The summed E-state index contributed by atoms with van der Waals surface area (Å²) >= 11 is 9.25. The van der Waals surface area contributed by atoms with Crippen LogP contribution in [0.1, 0.15) is 20.3 Å². The molecule has 0 aliphatic rings. The largest absolute Gasteiger partial charge is 0.366 e. The van der Waals surface area contributed by atoms with Gasteiger partial charge in [0.2, 0.25) is 0 Å². The van der Waals surface area contributed by atoms with E-state index >= 15 is 0 Å². The molecule has 0 aliphatic heterocycles. The third-order valence-corrected chi connectivity index (χ3v) is 2.86. The van der Waals surface area contributed by atoms with E-state index in [9.17, 15) is 0 Å². The monoisotopic (exact) mass is 290 g/mol. The molecule has 1 aromatic heterocycles. The summed E-state index contributed by atoms with van der Waals surface area (Å²) in [5, 5.41) is 3.32. The second-order valence-electron chi connectivity index (χ2n) is 3.99. The van der Waals surface area contributed by atoms with Gasteiger partial charge < -0.3 is 5.32 Å². The standard InChI is InChI=1S/C11H16BrClN2/c1-8(2)5-10(6-13)15-11-4-3-9(12)7-14-11/h3-4,7-8,10H,5-6H2,1-2H3,(H,14,15). The zero-order valence-corrected chi connectivity index (χ0v) is 11.3. The van der Waals surface area contributed by atoms with E-state index in [2.05, 4.69) is 40.1 Å². The molecule has 1 atom stereocenters. The third-order valence-electron chi connectivity index (χ3n) is 2.02. The first-order valence-electron chi connectivity index (χ1n) is 5.06. The Labute approximate surface area is 105 Å². The van der Waals surface area contributed by atoms with Gasteiger partial charge in [0, 0.05) is 22.6 Å². The quantitative estimate of drug-likeness (QED) is 0.832. The highest BCUT2D eigenvalue weighted by Crippen LogP contribution is 2.14. The second-order valence-corrected chi connectivity index (χ2v) is 5.21. The maximum atomic E-state index is 5.89. The van der Waals surface area contributed by atoms with Crippen molar-refractivity contribution in [3.63, 3.8) is 0 Å². The first kappa shape index (κ1) is 12.8. The van der Waals surface area contributed by atoms with Crippen LogP contribution < -0.4 is 5.32 Å². The molecule has 0 spiro atoms. The predicted molar refractivity (Wildman–Crippen MR) is 69.5 cm³/mol. The number of hydrogen-bond donors (Lipinski definition) is 1. The molecule has 0 saturated carbocycles. The van der Waals surface area contributed by atoms with Crippen LogP contribution in [0.25, 0.3) is 0 Å². The number of aromatic nitrogens is 1. The number of rotatable bonds is 5. The molecule has 0 fully saturated rings. The van der Waals surface area contributed by atoms with Crippen molar-refractivity contribution in [1.29, 1.82) is 0 Å².